The van der Waals surface area contributed by atoms with Gasteiger partial charge in [-0.1, -0.05) is 0 Å². The molecular formula is C7H12Na2O10. The number of aliphatic hydroxyl groups excluding tert-OH is 5. The number of rotatable bonds is 5. The zero-order valence-electron chi connectivity index (χ0n) is 10.3. The minimum atomic E-state index is -2.33. The fraction of sp³-hybridized carbons (Fsp3) is 0.714. The Balaban J connectivity index is -0.000000165. The van der Waals surface area contributed by atoms with Crippen molar-refractivity contribution in [3.8, 4) is 0 Å². The first-order valence-corrected chi connectivity index (χ1v) is 4.09. The van der Waals surface area contributed by atoms with Gasteiger partial charge in [0.15, 0.2) is 6.10 Å². The van der Waals surface area contributed by atoms with E-state index in [1.165, 1.54) is 0 Å². The van der Waals surface area contributed by atoms with E-state index in [2.05, 4.69) is 0 Å². The van der Waals surface area contributed by atoms with Crippen LogP contribution in [0.3, 0.4) is 0 Å². The molecule has 12 heteroatoms. The van der Waals surface area contributed by atoms with E-state index in [-0.39, 0.29) is 59.1 Å². The monoisotopic (exact) mass is 302 g/mol. The summed E-state index contributed by atoms with van der Waals surface area (Å²) in [7, 11) is 0. The summed E-state index contributed by atoms with van der Waals surface area (Å²) in [5.41, 5.74) is 0. The van der Waals surface area contributed by atoms with Gasteiger partial charge >= 0.3 is 65.1 Å². The van der Waals surface area contributed by atoms with Crippen molar-refractivity contribution in [3.63, 3.8) is 0 Å². The Morgan fingerprint density at radius 1 is 0.947 bits per heavy atom. The van der Waals surface area contributed by atoms with Gasteiger partial charge in [-0.05, 0) is 6.16 Å². The van der Waals surface area contributed by atoms with Crippen LogP contribution in [0.1, 0.15) is 0 Å². The van der Waals surface area contributed by atoms with Gasteiger partial charge in [-0.25, -0.2) is 4.79 Å². The smallest absolute Gasteiger partial charge is 0.652 e. The quantitative estimate of drug-likeness (QED) is 0.265. The third-order valence-electron chi connectivity index (χ3n) is 1.51. The molecule has 0 aliphatic rings. The number of carboxylic acids is 1. The Bertz CT molecular complexity index is 246. The molecule has 10 nitrogen and oxygen atoms in total. The van der Waals surface area contributed by atoms with Crippen molar-refractivity contribution >= 4 is 12.1 Å². The van der Waals surface area contributed by atoms with Crippen LogP contribution < -0.4 is 69.3 Å². The van der Waals surface area contributed by atoms with Crippen LogP contribution in [-0.4, -0.2) is 73.8 Å². The molecule has 6 N–H and O–H groups in total. The molecule has 0 saturated carbocycles. The summed E-state index contributed by atoms with van der Waals surface area (Å²) >= 11 is 0. The van der Waals surface area contributed by atoms with Crippen molar-refractivity contribution in [2.75, 3.05) is 6.61 Å². The molecule has 0 aliphatic heterocycles. The Morgan fingerprint density at radius 3 is 1.47 bits per heavy atom. The first kappa shape index (κ1) is 27.8. The zero-order chi connectivity index (χ0) is 14.2. The molecule has 0 rings (SSSR count). The van der Waals surface area contributed by atoms with E-state index in [0.717, 1.165) is 0 Å². The summed E-state index contributed by atoms with van der Waals surface area (Å²) < 4.78 is 0. The molecule has 19 heavy (non-hydrogen) atoms. The maximum atomic E-state index is 10.1. The third kappa shape index (κ3) is 14.8. The molecule has 0 heterocycles. The van der Waals surface area contributed by atoms with Gasteiger partial charge in [0, 0.05) is 0 Å². The summed E-state index contributed by atoms with van der Waals surface area (Å²) in [6.07, 6.45) is -10.2. The fourth-order valence-electron chi connectivity index (χ4n) is 0.668. The van der Waals surface area contributed by atoms with Crippen LogP contribution in [0.2, 0.25) is 0 Å². The van der Waals surface area contributed by atoms with Gasteiger partial charge in [0.25, 0.3) is 0 Å². The number of carbonyl (C=O) groups excluding carboxylic acids is 1. The van der Waals surface area contributed by atoms with Crippen molar-refractivity contribution in [1.29, 1.82) is 0 Å². The summed E-state index contributed by atoms with van der Waals surface area (Å²) in [5.74, 6) is -1.73. The topological polar surface area (TPSA) is 202 Å². The van der Waals surface area contributed by atoms with E-state index in [1.807, 2.05) is 0 Å². The van der Waals surface area contributed by atoms with Gasteiger partial charge in [-0.15, -0.1) is 0 Å². The van der Waals surface area contributed by atoms with Crippen LogP contribution in [-0.2, 0) is 4.79 Å². The van der Waals surface area contributed by atoms with E-state index in [9.17, 15) is 4.79 Å². The average Bonchev–Trinajstić information content (AvgIpc) is 2.23. The normalized spacial score (nSPS) is 15.2. The largest absolute Gasteiger partial charge is 1.00 e. The van der Waals surface area contributed by atoms with Crippen molar-refractivity contribution in [2.45, 2.75) is 24.4 Å². The molecule has 0 aromatic carbocycles. The van der Waals surface area contributed by atoms with E-state index in [0.29, 0.717) is 0 Å². The molecule has 0 aromatic heterocycles. The number of hydrogen-bond acceptors (Lipinski definition) is 9. The van der Waals surface area contributed by atoms with E-state index in [1.54, 1.807) is 0 Å². The second-order valence-electron chi connectivity index (χ2n) is 2.76. The van der Waals surface area contributed by atoms with E-state index < -0.39 is 43.1 Å². The summed E-state index contributed by atoms with van der Waals surface area (Å²) in [6.45, 7) is -0.843. The first-order chi connectivity index (χ1) is 7.64. The third-order valence-corrected chi connectivity index (χ3v) is 1.51. The van der Waals surface area contributed by atoms with Crippen LogP contribution in [0, 0.1) is 0 Å². The van der Waals surface area contributed by atoms with Crippen molar-refractivity contribution in [1.82, 2.24) is 0 Å². The van der Waals surface area contributed by atoms with Gasteiger partial charge in [0.1, 0.15) is 18.3 Å². The molecule has 4 atom stereocenters. The second kappa shape index (κ2) is 14.9. The molecule has 0 unspecified atom stereocenters. The van der Waals surface area contributed by atoms with Crippen LogP contribution in [0.15, 0.2) is 0 Å². The van der Waals surface area contributed by atoms with Crippen LogP contribution >= 0.6 is 0 Å². The standard InChI is InChI=1S/C6H12O7.CH2O3.2Na/c7-1-2(8)3(9)4(10)5(11)6(12)13;2-1(3)4;;/h2-5,7-11H,1H2,(H,12,13);(H2,2,3,4);;/q;;2*+1/p-2/t2-,3-,4+,5-;;;/m1.../s1. The molecule has 0 spiro atoms. The Hall–Kier alpha value is 0.540. The van der Waals surface area contributed by atoms with E-state index in [4.69, 9.17) is 45.6 Å². The Kier molecular flexibility index (Phi) is 21.9. The van der Waals surface area contributed by atoms with Gasteiger partial charge in [-0.2, -0.15) is 0 Å². The molecule has 0 saturated heterocycles. The molecule has 0 amide bonds. The number of carbonyl (C=O) groups is 2. The predicted octanol–water partition coefficient (Wildman–Crippen LogP) is -11.9. The molecule has 0 aliphatic carbocycles. The maximum Gasteiger partial charge on any atom is 1.00 e. The fourth-order valence-corrected chi connectivity index (χ4v) is 0.668. The minimum absolute atomic E-state index is 0. The number of carboxylic acid groups (broad SMARTS) is 3. The molecular weight excluding hydrogens is 290 g/mol. The van der Waals surface area contributed by atoms with Gasteiger partial charge in [0.05, 0.1) is 6.61 Å². The van der Waals surface area contributed by atoms with Gasteiger partial charge in [0.2, 0.25) is 0 Å². The van der Waals surface area contributed by atoms with Crippen molar-refractivity contribution in [2.24, 2.45) is 0 Å². The Labute approximate surface area is 151 Å². The number of aliphatic hydroxyl groups is 5. The maximum absolute atomic E-state index is 10.1. The SMILES string of the molecule is O=C(O)[C@H](O)[C@@H](O)[C@H](O)[C@H](O)CO.O=C([O-])[O-].[Na+].[Na+]. The zero-order valence-corrected chi connectivity index (χ0v) is 14.3. The summed E-state index contributed by atoms with van der Waals surface area (Å²) in [4.78, 5) is 18.4. The van der Waals surface area contributed by atoms with Crippen molar-refractivity contribution in [3.05, 3.63) is 0 Å². The summed E-state index contributed by atoms with van der Waals surface area (Å²) in [6, 6.07) is 0. The predicted molar refractivity (Wildman–Crippen MR) is 44.1 cm³/mol. The van der Waals surface area contributed by atoms with Crippen LogP contribution in [0.25, 0.3) is 0 Å². The van der Waals surface area contributed by atoms with E-state index >= 15 is 0 Å². The number of aliphatic carboxylic acids is 1. The van der Waals surface area contributed by atoms with Crippen LogP contribution in [0.4, 0.5) is 4.79 Å². The molecule has 0 fully saturated rings. The molecule has 0 aromatic rings. The Morgan fingerprint density at radius 2 is 1.26 bits per heavy atom. The van der Waals surface area contributed by atoms with Crippen molar-refractivity contribution < 1.29 is 110 Å². The average molecular weight is 302 g/mol. The second-order valence-corrected chi connectivity index (χ2v) is 2.76. The van der Waals surface area contributed by atoms with Gasteiger partial charge in [-0.3, -0.25) is 0 Å². The first-order valence-electron chi connectivity index (χ1n) is 4.09. The van der Waals surface area contributed by atoms with Crippen LogP contribution in [0.5, 0.6) is 0 Å². The molecule has 0 bridgehead atoms. The molecule has 0 radical (unpaired) electrons. The van der Waals surface area contributed by atoms with Gasteiger partial charge < -0.3 is 45.6 Å². The molecule has 102 valence electrons. The minimum Gasteiger partial charge on any atom is -0.652 e. The number of hydrogen-bond donors (Lipinski definition) is 6. The summed E-state index contributed by atoms with van der Waals surface area (Å²) in [5, 5.41) is 68.5.